The first kappa shape index (κ1) is 14.5. The second-order valence-corrected chi connectivity index (χ2v) is 6.18. The van der Waals surface area contributed by atoms with Crippen molar-refractivity contribution in [1.82, 2.24) is 4.98 Å². The molecule has 2 rings (SSSR count). The lowest BCUT2D eigenvalue weighted by Crippen LogP contribution is -2.31. The monoisotopic (exact) mass is 276 g/mol. The van der Waals surface area contributed by atoms with Crippen molar-refractivity contribution >= 4 is 17.7 Å². The highest BCUT2D eigenvalue weighted by Crippen LogP contribution is 2.38. The molecule has 0 spiro atoms. The number of carbonyl (C=O) groups excluding carboxylic acids is 1. The van der Waals surface area contributed by atoms with Crippen LogP contribution in [-0.2, 0) is 4.79 Å². The molecule has 1 heterocycles. The van der Waals surface area contributed by atoms with Gasteiger partial charge in [-0.3, -0.25) is 4.79 Å². The van der Waals surface area contributed by atoms with Crippen LogP contribution in [-0.4, -0.2) is 22.0 Å². The standard InChI is InChI=1S/C15H20N2O3/c1-15(2)6-3-4-11(9-15)13(18)17-12-8-10(14(19)20)5-7-16-12/h5,7-8,11H,3-4,6,9H2,1-2H3,(H,19,20)(H,16,17,18)/t11-/m0/s1. The Labute approximate surface area is 118 Å². The molecule has 0 aliphatic heterocycles. The molecule has 0 saturated heterocycles. The maximum absolute atomic E-state index is 12.2. The topological polar surface area (TPSA) is 79.3 Å². The Bertz CT molecular complexity index is 526. The number of carboxylic acid groups (broad SMARTS) is 1. The number of hydrogen-bond donors (Lipinski definition) is 2. The zero-order valence-electron chi connectivity index (χ0n) is 11.8. The number of aromatic nitrogens is 1. The summed E-state index contributed by atoms with van der Waals surface area (Å²) in [6.45, 7) is 4.35. The van der Waals surface area contributed by atoms with Gasteiger partial charge < -0.3 is 10.4 Å². The fraction of sp³-hybridized carbons (Fsp3) is 0.533. The third-order valence-corrected chi connectivity index (χ3v) is 3.83. The highest BCUT2D eigenvalue weighted by atomic mass is 16.4. The summed E-state index contributed by atoms with van der Waals surface area (Å²) in [7, 11) is 0. The fourth-order valence-corrected chi connectivity index (χ4v) is 2.78. The van der Waals surface area contributed by atoms with Gasteiger partial charge in [0.25, 0.3) is 0 Å². The Morgan fingerprint density at radius 1 is 1.45 bits per heavy atom. The van der Waals surface area contributed by atoms with Crippen LogP contribution in [0.15, 0.2) is 18.3 Å². The van der Waals surface area contributed by atoms with Crippen molar-refractivity contribution in [2.75, 3.05) is 5.32 Å². The van der Waals surface area contributed by atoms with E-state index in [0.29, 0.717) is 5.82 Å². The summed E-state index contributed by atoms with van der Waals surface area (Å²) in [5.74, 6) is -0.804. The van der Waals surface area contributed by atoms with E-state index in [4.69, 9.17) is 5.11 Å². The number of pyridine rings is 1. The van der Waals surface area contributed by atoms with Crippen LogP contribution in [0.1, 0.15) is 49.9 Å². The van der Waals surface area contributed by atoms with E-state index in [9.17, 15) is 9.59 Å². The summed E-state index contributed by atoms with van der Waals surface area (Å²) in [5, 5.41) is 11.7. The van der Waals surface area contributed by atoms with Gasteiger partial charge in [0.15, 0.2) is 0 Å². The van der Waals surface area contributed by atoms with Crippen LogP contribution in [0.25, 0.3) is 0 Å². The third-order valence-electron chi connectivity index (χ3n) is 3.83. The summed E-state index contributed by atoms with van der Waals surface area (Å²) in [6.07, 6.45) is 5.33. The predicted octanol–water partition coefficient (Wildman–Crippen LogP) is 2.93. The van der Waals surface area contributed by atoms with Crippen LogP contribution < -0.4 is 5.32 Å². The van der Waals surface area contributed by atoms with Crippen molar-refractivity contribution in [3.05, 3.63) is 23.9 Å². The zero-order valence-corrected chi connectivity index (χ0v) is 11.8. The Kier molecular flexibility index (Phi) is 4.06. The van der Waals surface area contributed by atoms with Crippen LogP contribution in [0.3, 0.4) is 0 Å². The third kappa shape index (κ3) is 3.56. The van der Waals surface area contributed by atoms with Crippen LogP contribution in [0, 0.1) is 11.3 Å². The molecule has 5 nitrogen and oxygen atoms in total. The summed E-state index contributed by atoms with van der Waals surface area (Å²) in [4.78, 5) is 27.1. The minimum atomic E-state index is -1.03. The Morgan fingerprint density at radius 2 is 2.20 bits per heavy atom. The number of hydrogen-bond acceptors (Lipinski definition) is 3. The second kappa shape index (κ2) is 5.61. The zero-order chi connectivity index (χ0) is 14.8. The van der Waals surface area contributed by atoms with E-state index >= 15 is 0 Å². The van der Waals surface area contributed by atoms with Gasteiger partial charge in [-0.15, -0.1) is 0 Å². The number of rotatable bonds is 3. The molecule has 5 heteroatoms. The van der Waals surface area contributed by atoms with Gasteiger partial charge in [-0.25, -0.2) is 9.78 Å². The largest absolute Gasteiger partial charge is 0.478 e. The maximum atomic E-state index is 12.2. The van der Waals surface area contributed by atoms with E-state index in [-0.39, 0.29) is 22.8 Å². The van der Waals surface area contributed by atoms with E-state index in [1.165, 1.54) is 18.3 Å². The van der Waals surface area contributed by atoms with Crippen molar-refractivity contribution in [3.8, 4) is 0 Å². The van der Waals surface area contributed by atoms with Gasteiger partial charge in [0.2, 0.25) is 5.91 Å². The average molecular weight is 276 g/mol. The molecule has 108 valence electrons. The van der Waals surface area contributed by atoms with Crippen molar-refractivity contribution < 1.29 is 14.7 Å². The number of nitrogens with one attached hydrogen (secondary N) is 1. The molecule has 0 bridgehead atoms. The van der Waals surface area contributed by atoms with Gasteiger partial charge in [-0.1, -0.05) is 20.3 Å². The molecule has 1 amide bonds. The average Bonchev–Trinajstić information content (AvgIpc) is 2.37. The molecule has 1 aliphatic rings. The van der Waals surface area contributed by atoms with Crippen LogP contribution in [0.5, 0.6) is 0 Å². The first-order chi connectivity index (χ1) is 9.37. The van der Waals surface area contributed by atoms with E-state index in [1.807, 2.05) is 0 Å². The molecule has 1 aliphatic carbocycles. The highest BCUT2D eigenvalue weighted by molar-refractivity contribution is 5.94. The molecular formula is C15H20N2O3. The summed E-state index contributed by atoms with van der Waals surface area (Å²) in [6, 6.07) is 2.79. The minimum Gasteiger partial charge on any atom is -0.478 e. The summed E-state index contributed by atoms with van der Waals surface area (Å²) >= 11 is 0. The van der Waals surface area contributed by atoms with Crippen molar-refractivity contribution in [3.63, 3.8) is 0 Å². The van der Waals surface area contributed by atoms with E-state index in [0.717, 1.165) is 25.7 Å². The first-order valence-electron chi connectivity index (χ1n) is 6.88. The second-order valence-electron chi connectivity index (χ2n) is 6.18. The number of carbonyl (C=O) groups is 2. The fourth-order valence-electron chi connectivity index (χ4n) is 2.78. The Balaban J connectivity index is 2.04. The molecule has 1 saturated carbocycles. The van der Waals surface area contributed by atoms with Crippen molar-refractivity contribution in [1.29, 1.82) is 0 Å². The van der Waals surface area contributed by atoms with Crippen LogP contribution in [0.2, 0.25) is 0 Å². The molecule has 20 heavy (non-hydrogen) atoms. The smallest absolute Gasteiger partial charge is 0.335 e. The van der Waals surface area contributed by atoms with Gasteiger partial charge in [0, 0.05) is 12.1 Å². The number of aromatic carboxylic acids is 1. The summed E-state index contributed by atoms with van der Waals surface area (Å²) < 4.78 is 0. The quantitative estimate of drug-likeness (QED) is 0.889. The van der Waals surface area contributed by atoms with Gasteiger partial charge in [0.05, 0.1) is 5.56 Å². The molecule has 1 aromatic heterocycles. The molecule has 2 N–H and O–H groups in total. The lowest BCUT2D eigenvalue weighted by atomic mass is 9.72. The van der Waals surface area contributed by atoms with Crippen LogP contribution >= 0.6 is 0 Å². The molecule has 0 radical (unpaired) electrons. The summed E-state index contributed by atoms with van der Waals surface area (Å²) in [5.41, 5.74) is 0.315. The van der Waals surface area contributed by atoms with E-state index < -0.39 is 5.97 Å². The molecular weight excluding hydrogens is 256 g/mol. The van der Waals surface area contributed by atoms with Crippen LogP contribution in [0.4, 0.5) is 5.82 Å². The lowest BCUT2D eigenvalue weighted by Gasteiger charge is -2.34. The number of nitrogens with zero attached hydrogens (tertiary/aromatic N) is 1. The van der Waals surface area contributed by atoms with Gasteiger partial charge >= 0.3 is 5.97 Å². The maximum Gasteiger partial charge on any atom is 0.335 e. The van der Waals surface area contributed by atoms with Gasteiger partial charge in [0.1, 0.15) is 5.82 Å². The Morgan fingerprint density at radius 3 is 2.85 bits per heavy atom. The Hall–Kier alpha value is -1.91. The molecule has 0 aromatic carbocycles. The van der Waals surface area contributed by atoms with E-state index in [1.54, 1.807) is 0 Å². The molecule has 1 fully saturated rings. The van der Waals surface area contributed by atoms with Crippen molar-refractivity contribution in [2.45, 2.75) is 39.5 Å². The number of amides is 1. The van der Waals surface area contributed by atoms with Gasteiger partial charge in [-0.2, -0.15) is 0 Å². The predicted molar refractivity (Wildman–Crippen MR) is 75.6 cm³/mol. The SMILES string of the molecule is CC1(C)CCC[C@H](C(=O)Nc2cc(C(=O)O)ccn2)C1. The lowest BCUT2D eigenvalue weighted by molar-refractivity contribution is -0.122. The van der Waals surface area contributed by atoms with Gasteiger partial charge in [-0.05, 0) is 36.8 Å². The normalized spacial score (nSPS) is 21.2. The minimum absolute atomic E-state index is 0.0194. The molecule has 1 atom stereocenters. The highest BCUT2D eigenvalue weighted by Gasteiger charge is 2.32. The molecule has 1 aromatic rings. The first-order valence-corrected chi connectivity index (χ1v) is 6.88. The molecule has 0 unspecified atom stereocenters. The van der Waals surface area contributed by atoms with Crippen molar-refractivity contribution in [2.24, 2.45) is 11.3 Å². The number of anilines is 1. The number of carboxylic acids is 1. The van der Waals surface area contributed by atoms with E-state index in [2.05, 4.69) is 24.1 Å².